The zero-order chi connectivity index (χ0) is 15.7. The molecule has 0 N–H and O–H groups in total. The molecule has 4 aliphatic rings. The largest absolute Gasteiger partial charge is 0.345 e. The fraction of sp³-hybridized carbons (Fsp3) is 0.842. The van der Waals surface area contributed by atoms with Gasteiger partial charge in [0.1, 0.15) is 0 Å². The van der Waals surface area contributed by atoms with Crippen LogP contribution in [0.2, 0.25) is 0 Å². The van der Waals surface area contributed by atoms with Crippen molar-refractivity contribution in [3.63, 3.8) is 0 Å². The number of hydrogen-bond donors (Lipinski definition) is 0. The molecule has 3 heteroatoms. The van der Waals surface area contributed by atoms with Crippen LogP contribution in [-0.4, -0.2) is 23.8 Å². The minimum atomic E-state index is -0.434. The second-order valence-electron chi connectivity index (χ2n) is 8.63. The Balaban J connectivity index is 1.66. The van der Waals surface area contributed by atoms with Gasteiger partial charge in [0.05, 0.1) is 12.2 Å². The number of fused-ring (bicyclic) bond motifs is 4. The van der Waals surface area contributed by atoms with Crippen molar-refractivity contribution >= 4 is 5.78 Å². The average molecular weight is 304 g/mol. The molecule has 4 rings (SSSR count). The molecule has 3 fully saturated rings. The van der Waals surface area contributed by atoms with E-state index < -0.39 is 5.79 Å². The first-order chi connectivity index (χ1) is 10.3. The van der Waals surface area contributed by atoms with Gasteiger partial charge in [-0.15, -0.1) is 0 Å². The molecule has 3 aliphatic carbocycles. The maximum Gasteiger partial charge on any atom is 0.163 e. The summed E-state index contributed by atoms with van der Waals surface area (Å²) in [4.78, 5) is 12.1. The van der Waals surface area contributed by atoms with Gasteiger partial charge in [-0.25, -0.2) is 0 Å². The van der Waals surface area contributed by atoms with Gasteiger partial charge in [-0.05, 0) is 75.7 Å². The van der Waals surface area contributed by atoms with Crippen LogP contribution >= 0.6 is 0 Å². The Kier molecular flexibility index (Phi) is 3.16. The molecule has 22 heavy (non-hydrogen) atoms. The van der Waals surface area contributed by atoms with E-state index in [2.05, 4.69) is 13.8 Å². The number of carbonyl (C=O) groups is 1. The Morgan fingerprint density at radius 3 is 2.59 bits per heavy atom. The smallest absolute Gasteiger partial charge is 0.163 e. The molecule has 0 unspecified atom stereocenters. The molecular formula is C19H28O3. The summed E-state index contributed by atoms with van der Waals surface area (Å²) in [5, 5.41) is 0. The lowest BCUT2D eigenvalue weighted by molar-refractivity contribution is -0.146. The lowest BCUT2D eigenvalue weighted by atomic mass is 9.52. The molecule has 0 bridgehead atoms. The zero-order valence-corrected chi connectivity index (χ0v) is 14.3. The third-order valence-corrected chi connectivity index (χ3v) is 6.82. The van der Waals surface area contributed by atoms with Gasteiger partial charge >= 0.3 is 0 Å². The summed E-state index contributed by atoms with van der Waals surface area (Å²) in [6, 6.07) is 0. The van der Waals surface area contributed by atoms with Gasteiger partial charge in [0.25, 0.3) is 0 Å². The molecule has 122 valence electrons. The maximum atomic E-state index is 12.1. The van der Waals surface area contributed by atoms with E-state index in [1.165, 1.54) is 12.0 Å². The van der Waals surface area contributed by atoms with Crippen LogP contribution in [0.4, 0.5) is 0 Å². The van der Waals surface area contributed by atoms with Gasteiger partial charge in [-0.1, -0.05) is 12.5 Å². The summed E-state index contributed by atoms with van der Waals surface area (Å²) in [6.07, 6.45) is 6.80. The van der Waals surface area contributed by atoms with Crippen molar-refractivity contribution in [2.24, 2.45) is 17.3 Å². The van der Waals surface area contributed by atoms with Crippen molar-refractivity contribution in [3.05, 3.63) is 11.1 Å². The molecule has 0 amide bonds. The minimum absolute atomic E-state index is 0.241. The molecule has 1 aliphatic heterocycles. The molecule has 5 atom stereocenters. The van der Waals surface area contributed by atoms with Gasteiger partial charge in [-0.2, -0.15) is 0 Å². The minimum Gasteiger partial charge on any atom is -0.345 e. The van der Waals surface area contributed by atoms with Crippen LogP contribution in [0.5, 0.6) is 0 Å². The molecule has 0 radical (unpaired) electrons. The van der Waals surface area contributed by atoms with Crippen LogP contribution in [0.25, 0.3) is 0 Å². The summed E-state index contributed by atoms with van der Waals surface area (Å²) < 4.78 is 12.3. The second kappa shape index (κ2) is 4.67. The highest BCUT2D eigenvalue weighted by molar-refractivity contribution is 5.96. The van der Waals surface area contributed by atoms with Gasteiger partial charge in [0.15, 0.2) is 11.6 Å². The van der Waals surface area contributed by atoms with E-state index in [4.69, 9.17) is 9.47 Å². The van der Waals surface area contributed by atoms with Crippen molar-refractivity contribution in [3.8, 4) is 0 Å². The molecular weight excluding hydrogens is 276 g/mol. The first kappa shape index (κ1) is 14.9. The van der Waals surface area contributed by atoms with E-state index in [1.54, 1.807) is 0 Å². The zero-order valence-electron chi connectivity index (χ0n) is 14.3. The van der Waals surface area contributed by atoms with Crippen molar-refractivity contribution in [1.29, 1.82) is 0 Å². The Bertz CT molecular complexity index is 547. The van der Waals surface area contributed by atoms with Crippen LogP contribution in [0.1, 0.15) is 66.2 Å². The number of carbonyl (C=O) groups excluding carboxylic acids is 1. The van der Waals surface area contributed by atoms with Gasteiger partial charge < -0.3 is 9.47 Å². The second-order valence-corrected chi connectivity index (χ2v) is 8.63. The quantitative estimate of drug-likeness (QED) is 0.678. The first-order valence-electron chi connectivity index (χ1n) is 8.88. The third kappa shape index (κ3) is 2.12. The summed E-state index contributed by atoms with van der Waals surface area (Å²) in [6.45, 7) is 8.57. The number of rotatable bonds is 0. The van der Waals surface area contributed by atoms with E-state index in [-0.39, 0.29) is 12.2 Å². The van der Waals surface area contributed by atoms with Crippen molar-refractivity contribution in [1.82, 2.24) is 0 Å². The summed E-state index contributed by atoms with van der Waals surface area (Å²) in [7, 11) is 0. The standard InChI is InChI=1S/C19H28O3/c1-11-12-7-8-19(4)10-17-16(21-18(2,3)22-17)9-14(19)13(12)5-6-15(11)20/h13-14,16-17H,5-10H2,1-4H3/t13-,14-,16-,17-,19-/m1/s1. The van der Waals surface area contributed by atoms with Crippen LogP contribution < -0.4 is 0 Å². The van der Waals surface area contributed by atoms with Crippen molar-refractivity contribution in [2.75, 3.05) is 0 Å². The summed E-state index contributed by atoms with van der Waals surface area (Å²) in [5.41, 5.74) is 2.89. The topological polar surface area (TPSA) is 35.5 Å². The number of allylic oxidation sites excluding steroid dienone is 2. The molecule has 1 saturated heterocycles. The van der Waals surface area contributed by atoms with Crippen LogP contribution in [0, 0.1) is 17.3 Å². The maximum absolute atomic E-state index is 12.1. The predicted octanol–water partition coefficient (Wildman–Crippen LogP) is 4.01. The number of ketones is 1. The molecule has 2 saturated carbocycles. The monoisotopic (exact) mass is 304 g/mol. The van der Waals surface area contributed by atoms with Crippen LogP contribution in [0.15, 0.2) is 11.1 Å². The SMILES string of the molecule is CC1=C2CC[C@]3(C)C[C@H]4OC(C)(C)O[C@@H]4C[C@@H]3[C@@H]2CCC1=O. The fourth-order valence-corrected chi connectivity index (χ4v) is 5.71. The van der Waals surface area contributed by atoms with Crippen LogP contribution in [-0.2, 0) is 14.3 Å². The van der Waals surface area contributed by atoms with E-state index >= 15 is 0 Å². The number of ether oxygens (including phenoxy) is 2. The normalized spacial score (nSPS) is 47.0. The Labute approximate surface area is 133 Å². The molecule has 0 aromatic carbocycles. The fourth-order valence-electron chi connectivity index (χ4n) is 5.71. The average Bonchev–Trinajstić information content (AvgIpc) is 2.72. The number of hydrogen-bond acceptors (Lipinski definition) is 3. The Hall–Kier alpha value is -0.670. The third-order valence-electron chi connectivity index (χ3n) is 6.82. The lowest BCUT2D eigenvalue weighted by Gasteiger charge is -2.53. The van der Waals surface area contributed by atoms with Crippen molar-refractivity contribution < 1.29 is 14.3 Å². The van der Waals surface area contributed by atoms with E-state index in [0.717, 1.165) is 37.7 Å². The molecule has 3 nitrogen and oxygen atoms in total. The molecule has 0 aromatic rings. The van der Waals surface area contributed by atoms with E-state index in [1.807, 2.05) is 13.8 Å². The van der Waals surface area contributed by atoms with E-state index in [0.29, 0.717) is 23.0 Å². The van der Waals surface area contributed by atoms with Gasteiger partial charge in [0, 0.05) is 6.42 Å². The highest BCUT2D eigenvalue weighted by atomic mass is 16.7. The Morgan fingerprint density at radius 2 is 1.82 bits per heavy atom. The van der Waals surface area contributed by atoms with E-state index in [9.17, 15) is 4.79 Å². The predicted molar refractivity (Wildman–Crippen MR) is 84.3 cm³/mol. The Morgan fingerprint density at radius 1 is 1.09 bits per heavy atom. The van der Waals surface area contributed by atoms with Gasteiger partial charge in [-0.3, -0.25) is 4.79 Å². The molecule has 0 aromatic heterocycles. The molecule has 0 spiro atoms. The number of Topliss-reactive ketones (excluding diaryl/α,β-unsaturated/α-hetero) is 1. The van der Waals surface area contributed by atoms with Crippen LogP contribution in [0.3, 0.4) is 0 Å². The highest BCUT2D eigenvalue weighted by Gasteiger charge is 2.56. The van der Waals surface area contributed by atoms with Crippen molar-refractivity contribution in [2.45, 2.75) is 84.2 Å². The first-order valence-corrected chi connectivity index (χ1v) is 8.88. The molecule has 1 heterocycles. The summed E-state index contributed by atoms with van der Waals surface area (Å²) in [5.74, 6) is 1.20. The highest BCUT2D eigenvalue weighted by Crippen LogP contribution is 2.59. The van der Waals surface area contributed by atoms with Gasteiger partial charge in [0.2, 0.25) is 0 Å². The summed E-state index contributed by atoms with van der Waals surface area (Å²) >= 11 is 0. The lowest BCUT2D eigenvalue weighted by Crippen LogP contribution is -2.49.